The van der Waals surface area contributed by atoms with E-state index >= 15 is 0 Å². The number of carbonyl (C=O) groups excluding carboxylic acids is 1. The number of halogens is 5. The summed E-state index contributed by atoms with van der Waals surface area (Å²) in [4.78, 5) is 11.7. The van der Waals surface area contributed by atoms with Crippen LogP contribution >= 0.6 is 22.6 Å². The number of amides is 1. The summed E-state index contributed by atoms with van der Waals surface area (Å²) in [6.45, 7) is 0.397. The van der Waals surface area contributed by atoms with E-state index in [-0.39, 0.29) is 5.56 Å². The summed E-state index contributed by atoms with van der Waals surface area (Å²) in [7, 11) is 0. The summed E-state index contributed by atoms with van der Waals surface area (Å²) in [6.07, 6.45) is -2.06. The molecular formula is C13H14F4INO. The Hall–Kier alpha value is -0.860. The molecule has 2 nitrogen and oxygen atoms in total. The van der Waals surface area contributed by atoms with Crippen LogP contribution in [0.5, 0.6) is 0 Å². The third kappa shape index (κ3) is 5.26. The van der Waals surface area contributed by atoms with Crippen molar-refractivity contribution >= 4 is 28.5 Å². The molecule has 0 fully saturated rings. The van der Waals surface area contributed by atoms with Crippen LogP contribution in [0, 0.1) is 5.82 Å². The van der Waals surface area contributed by atoms with Gasteiger partial charge in [-0.15, -0.1) is 0 Å². The second-order valence-electron chi connectivity index (χ2n) is 4.20. The summed E-state index contributed by atoms with van der Waals surface area (Å²) >= 11 is 2.25. The Morgan fingerprint density at radius 2 is 1.90 bits per heavy atom. The summed E-state index contributed by atoms with van der Waals surface area (Å²) in [5, 5.41) is 2.52. The molecule has 0 aromatic heterocycles. The van der Waals surface area contributed by atoms with E-state index in [1.807, 2.05) is 0 Å². The highest BCUT2D eigenvalue weighted by atomic mass is 127. The SMILES string of the molecule is O=C(NCCCCCI)c1ccc(F)c(C(F)(F)F)c1. The van der Waals surface area contributed by atoms with Crippen molar-refractivity contribution in [3.63, 3.8) is 0 Å². The zero-order valence-electron chi connectivity index (χ0n) is 10.6. The zero-order valence-corrected chi connectivity index (χ0v) is 12.7. The number of alkyl halides is 4. The molecule has 0 saturated carbocycles. The molecule has 0 spiro atoms. The van der Waals surface area contributed by atoms with Crippen LogP contribution in [0.3, 0.4) is 0 Å². The van der Waals surface area contributed by atoms with Gasteiger partial charge in [0.05, 0.1) is 5.56 Å². The Kier molecular flexibility index (Phi) is 6.70. The van der Waals surface area contributed by atoms with Crippen molar-refractivity contribution in [1.29, 1.82) is 0 Å². The second-order valence-corrected chi connectivity index (χ2v) is 5.28. The maximum Gasteiger partial charge on any atom is 0.419 e. The molecule has 0 bridgehead atoms. The smallest absolute Gasteiger partial charge is 0.352 e. The van der Waals surface area contributed by atoms with E-state index in [4.69, 9.17) is 0 Å². The second kappa shape index (κ2) is 7.80. The molecular weight excluding hydrogens is 389 g/mol. The predicted molar refractivity (Wildman–Crippen MR) is 76.5 cm³/mol. The highest BCUT2D eigenvalue weighted by molar-refractivity contribution is 14.1. The molecule has 0 heterocycles. The van der Waals surface area contributed by atoms with Gasteiger partial charge in [-0.2, -0.15) is 13.2 Å². The summed E-state index contributed by atoms with van der Waals surface area (Å²) in [5.74, 6) is -2.00. The van der Waals surface area contributed by atoms with Crippen LogP contribution in [-0.2, 0) is 6.18 Å². The number of hydrogen-bond donors (Lipinski definition) is 1. The molecule has 0 aliphatic carbocycles. The number of nitrogens with one attached hydrogen (secondary N) is 1. The Balaban J connectivity index is 2.65. The van der Waals surface area contributed by atoms with Gasteiger partial charge in [0.1, 0.15) is 5.82 Å². The van der Waals surface area contributed by atoms with E-state index in [1.54, 1.807) is 0 Å². The molecule has 1 N–H and O–H groups in total. The lowest BCUT2D eigenvalue weighted by Crippen LogP contribution is -2.25. The van der Waals surface area contributed by atoms with E-state index in [1.165, 1.54) is 0 Å². The highest BCUT2D eigenvalue weighted by Gasteiger charge is 2.34. The topological polar surface area (TPSA) is 29.1 Å². The predicted octanol–water partition coefficient (Wildman–Crippen LogP) is 4.18. The maximum atomic E-state index is 13.1. The van der Waals surface area contributed by atoms with Gasteiger partial charge in [0.25, 0.3) is 5.91 Å². The first-order chi connectivity index (χ1) is 9.36. The lowest BCUT2D eigenvalue weighted by atomic mass is 10.1. The van der Waals surface area contributed by atoms with E-state index in [9.17, 15) is 22.4 Å². The van der Waals surface area contributed by atoms with Gasteiger partial charge in [-0.1, -0.05) is 29.0 Å². The molecule has 0 unspecified atom stereocenters. The van der Waals surface area contributed by atoms with Gasteiger partial charge in [-0.05, 0) is 35.5 Å². The summed E-state index contributed by atoms with van der Waals surface area (Å²) < 4.78 is 51.6. The minimum atomic E-state index is -4.80. The fourth-order valence-corrected chi connectivity index (χ4v) is 2.12. The van der Waals surface area contributed by atoms with Gasteiger partial charge in [-0.25, -0.2) is 4.39 Å². The summed E-state index contributed by atoms with van der Waals surface area (Å²) in [5.41, 5.74) is -1.61. The third-order valence-corrected chi connectivity index (χ3v) is 3.39. The average Bonchev–Trinajstić information content (AvgIpc) is 2.37. The maximum absolute atomic E-state index is 13.1. The molecule has 112 valence electrons. The van der Waals surface area contributed by atoms with Crippen molar-refractivity contribution in [2.75, 3.05) is 11.0 Å². The van der Waals surface area contributed by atoms with Crippen molar-refractivity contribution in [3.8, 4) is 0 Å². The molecule has 1 aromatic carbocycles. The van der Waals surface area contributed by atoms with Crippen LogP contribution in [0.15, 0.2) is 18.2 Å². The van der Waals surface area contributed by atoms with Crippen LogP contribution in [0.4, 0.5) is 17.6 Å². The number of rotatable bonds is 6. The highest BCUT2D eigenvalue weighted by Crippen LogP contribution is 2.31. The fraction of sp³-hybridized carbons (Fsp3) is 0.462. The number of carbonyl (C=O) groups is 1. The van der Waals surface area contributed by atoms with Crippen LogP contribution < -0.4 is 5.32 Å². The van der Waals surface area contributed by atoms with Gasteiger partial charge in [0.2, 0.25) is 0 Å². The number of unbranched alkanes of at least 4 members (excludes halogenated alkanes) is 2. The third-order valence-electron chi connectivity index (χ3n) is 2.63. The van der Waals surface area contributed by atoms with Gasteiger partial charge >= 0.3 is 6.18 Å². The van der Waals surface area contributed by atoms with Crippen LogP contribution in [-0.4, -0.2) is 16.9 Å². The molecule has 0 aliphatic rings. The Morgan fingerprint density at radius 3 is 2.50 bits per heavy atom. The van der Waals surface area contributed by atoms with Gasteiger partial charge in [0.15, 0.2) is 0 Å². The number of benzene rings is 1. The lowest BCUT2D eigenvalue weighted by Gasteiger charge is -2.10. The largest absolute Gasteiger partial charge is 0.419 e. The average molecular weight is 403 g/mol. The fourth-order valence-electron chi connectivity index (χ4n) is 1.58. The van der Waals surface area contributed by atoms with Crippen molar-refractivity contribution < 1.29 is 22.4 Å². The van der Waals surface area contributed by atoms with Gasteiger partial charge in [-0.3, -0.25) is 4.79 Å². The lowest BCUT2D eigenvalue weighted by molar-refractivity contribution is -0.140. The molecule has 1 amide bonds. The van der Waals surface area contributed by atoms with Crippen molar-refractivity contribution in [2.45, 2.75) is 25.4 Å². The van der Waals surface area contributed by atoms with E-state index in [0.717, 1.165) is 29.8 Å². The first kappa shape index (κ1) is 17.2. The van der Waals surface area contributed by atoms with E-state index in [0.29, 0.717) is 18.7 Å². The Morgan fingerprint density at radius 1 is 1.20 bits per heavy atom. The van der Waals surface area contributed by atoms with Crippen LogP contribution in [0.25, 0.3) is 0 Å². The van der Waals surface area contributed by atoms with Crippen LogP contribution in [0.2, 0.25) is 0 Å². The Labute approximate surface area is 128 Å². The molecule has 0 atom stereocenters. The molecule has 1 rings (SSSR count). The van der Waals surface area contributed by atoms with Crippen molar-refractivity contribution in [1.82, 2.24) is 5.32 Å². The molecule has 0 aliphatic heterocycles. The normalized spacial score (nSPS) is 11.4. The van der Waals surface area contributed by atoms with Crippen molar-refractivity contribution in [3.05, 3.63) is 35.1 Å². The molecule has 20 heavy (non-hydrogen) atoms. The van der Waals surface area contributed by atoms with Gasteiger partial charge < -0.3 is 5.32 Å². The standard InChI is InChI=1S/C13H14F4INO/c14-11-5-4-9(8-10(11)13(15,16)17)12(20)19-7-3-1-2-6-18/h4-5,8H,1-3,6-7H2,(H,19,20). The zero-order chi connectivity index (χ0) is 15.2. The Bertz CT molecular complexity index is 462. The first-order valence-electron chi connectivity index (χ1n) is 6.07. The van der Waals surface area contributed by atoms with Crippen molar-refractivity contribution in [2.24, 2.45) is 0 Å². The van der Waals surface area contributed by atoms with E-state index < -0.39 is 23.5 Å². The van der Waals surface area contributed by atoms with Crippen LogP contribution in [0.1, 0.15) is 35.2 Å². The molecule has 0 radical (unpaired) electrons. The first-order valence-corrected chi connectivity index (χ1v) is 7.59. The molecule has 0 saturated heterocycles. The molecule has 7 heteroatoms. The minimum Gasteiger partial charge on any atom is -0.352 e. The number of hydrogen-bond acceptors (Lipinski definition) is 1. The summed E-state index contributed by atoms with van der Waals surface area (Å²) in [6, 6.07) is 2.24. The quantitative estimate of drug-likeness (QED) is 0.329. The molecule has 1 aromatic rings. The minimum absolute atomic E-state index is 0.187. The monoisotopic (exact) mass is 403 g/mol. The van der Waals surface area contributed by atoms with E-state index in [2.05, 4.69) is 27.9 Å². The van der Waals surface area contributed by atoms with Gasteiger partial charge in [0, 0.05) is 12.1 Å².